The van der Waals surface area contributed by atoms with E-state index in [4.69, 9.17) is 0 Å². The zero-order valence-corrected chi connectivity index (χ0v) is 11.6. The molecule has 0 amide bonds. The van der Waals surface area contributed by atoms with Crippen LogP contribution in [-0.2, 0) is 16.4 Å². The Morgan fingerprint density at radius 1 is 1.42 bits per heavy atom. The molecule has 0 aliphatic rings. The van der Waals surface area contributed by atoms with Gasteiger partial charge in [0.2, 0.25) is 0 Å². The van der Waals surface area contributed by atoms with Crippen LogP contribution in [0.5, 0.6) is 0 Å². The zero-order valence-electron chi connectivity index (χ0n) is 10.7. The second kappa shape index (κ2) is 5.98. The fourth-order valence-corrected chi connectivity index (χ4v) is 2.21. The maximum Gasteiger partial charge on any atom is 0.269 e. The lowest BCUT2D eigenvalue weighted by Crippen LogP contribution is -2.25. The van der Waals surface area contributed by atoms with Gasteiger partial charge in [-0.25, -0.2) is 8.42 Å². The highest BCUT2D eigenvalue weighted by Gasteiger charge is 2.14. The molecule has 1 aromatic rings. The van der Waals surface area contributed by atoms with E-state index in [2.05, 4.69) is 0 Å². The van der Waals surface area contributed by atoms with Crippen molar-refractivity contribution in [2.75, 3.05) is 30.5 Å². The van der Waals surface area contributed by atoms with Crippen molar-refractivity contribution >= 4 is 21.2 Å². The second-order valence-electron chi connectivity index (χ2n) is 4.28. The molecule has 0 heterocycles. The summed E-state index contributed by atoms with van der Waals surface area (Å²) in [5, 5.41) is 19.9. The minimum absolute atomic E-state index is 0.0225. The Morgan fingerprint density at radius 3 is 2.53 bits per heavy atom. The van der Waals surface area contributed by atoms with Gasteiger partial charge in [-0.3, -0.25) is 10.1 Å². The van der Waals surface area contributed by atoms with Crippen LogP contribution in [0.25, 0.3) is 0 Å². The highest BCUT2D eigenvalue weighted by Crippen LogP contribution is 2.24. The Hall–Kier alpha value is -1.67. The van der Waals surface area contributed by atoms with Crippen LogP contribution in [-0.4, -0.2) is 44.0 Å². The first-order chi connectivity index (χ1) is 8.74. The van der Waals surface area contributed by atoms with Crippen LogP contribution in [0.2, 0.25) is 0 Å². The number of sulfone groups is 1. The summed E-state index contributed by atoms with van der Waals surface area (Å²) in [6, 6.07) is 4.11. The normalized spacial score (nSPS) is 11.3. The van der Waals surface area contributed by atoms with Gasteiger partial charge in [0.15, 0.2) is 0 Å². The molecule has 19 heavy (non-hydrogen) atoms. The second-order valence-corrected chi connectivity index (χ2v) is 6.54. The van der Waals surface area contributed by atoms with E-state index in [1.165, 1.54) is 18.2 Å². The summed E-state index contributed by atoms with van der Waals surface area (Å²) in [5.74, 6) is -0.0225. The van der Waals surface area contributed by atoms with Crippen LogP contribution in [0.15, 0.2) is 18.2 Å². The van der Waals surface area contributed by atoms with Gasteiger partial charge >= 0.3 is 0 Å². The molecule has 0 aliphatic carbocycles. The third-order valence-corrected chi connectivity index (χ3v) is 3.58. The molecule has 0 aromatic heterocycles. The van der Waals surface area contributed by atoms with Gasteiger partial charge in [0, 0.05) is 43.2 Å². The first-order valence-electron chi connectivity index (χ1n) is 5.51. The minimum Gasteiger partial charge on any atom is -0.392 e. The van der Waals surface area contributed by atoms with Crippen molar-refractivity contribution in [2.45, 2.75) is 6.61 Å². The molecule has 1 N–H and O–H groups in total. The van der Waals surface area contributed by atoms with Crippen molar-refractivity contribution in [3.05, 3.63) is 33.9 Å². The van der Waals surface area contributed by atoms with Crippen molar-refractivity contribution in [1.29, 1.82) is 0 Å². The minimum atomic E-state index is -3.08. The molecule has 1 aromatic carbocycles. The average molecular weight is 288 g/mol. The molecule has 7 nitrogen and oxygen atoms in total. The number of nitrogens with zero attached hydrogens (tertiary/aromatic N) is 2. The Bertz CT molecular complexity index is 570. The zero-order chi connectivity index (χ0) is 14.6. The highest BCUT2D eigenvalue weighted by atomic mass is 32.2. The third-order valence-electron chi connectivity index (χ3n) is 2.65. The molecule has 0 radical (unpaired) electrons. The van der Waals surface area contributed by atoms with Gasteiger partial charge in [-0.05, 0) is 6.07 Å². The van der Waals surface area contributed by atoms with Crippen molar-refractivity contribution in [3.8, 4) is 0 Å². The molecule has 106 valence electrons. The molecule has 0 aliphatic heterocycles. The van der Waals surface area contributed by atoms with Crippen molar-refractivity contribution in [3.63, 3.8) is 0 Å². The molecule has 0 bridgehead atoms. The van der Waals surface area contributed by atoms with Crippen molar-refractivity contribution < 1.29 is 18.4 Å². The lowest BCUT2D eigenvalue weighted by atomic mass is 10.1. The highest BCUT2D eigenvalue weighted by molar-refractivity contribution is 7.90. The summed E-state index contributed by atoms with van der Waals surface area (Å²) in [6.45, 7) is -0.0934. The molecular formula is C11H16N2O5S. The maximum atomic E-state index is 11.1. The Labute approximate surface area is 111 Å². The SMILES string of the molecule is CN(CCS(C)(=O)=O)c1ccc([N+](=O)[O-])cc1CO. The number of hydrogen-bond donors (Lipinski definition) is 1. The van der Waals surface area contributed by atoms with Gasteiger partial charge in [0.1, 0.15) is 9.84 Å². The number of non-ortho nitro benzene ring substituents is 1. The first kappa shape index (κ1) is 15.4. The fourth-order valence-electron chi connectivity index (χ4n) is 1.61. The molecule has 0 atom stereocenters. The molecular weight excluding hydrogens is 272 g/mol. The first-order valence-corrected chi connectivity index (χ1v) is 7.57. The number of anilines is 1. The number of aliphatic hydroxyl groups excluding tert-OH is 1. The van der Waals surface area contributed by atoms with E-state index in [0.717, 1.165) is 6.26 Å². The monoisotopic (exact) mass is 288 g/mol. The predicted octanol–water partition coefficient (Wildman–Crippen LogP) is 0.568. The predicted molar refractivity (Wildman–Crippen MR) is 72.0 cm³/mol. The van der Waals surface area contributed by atoms with Crippen molar-refractivity contribution in [2.24, 2.45) is 0 Å². The van der Waals surface area contributed by atoms with Crippen LogP contribution < -0.4 is 4.90 Å². The van der Waals surface area contributed by atoms with Gasteiger partial charge in [-0.1, -0.05) is 0 Å². The van der Waals surface area contributed by atoms with Gasteiger partial charge in [0.05, 0.1) is 17.3 Å². The van der Waals surface area contributed by atoms with Gasteiger partial charge in [0.25, 0.3) is 5.69 Å². The van der Waals surface area contributed by atoms with Gasteiger partial charge < -0.3 is 10.0 Å². The topological polar surface area (TPSA) is 101 Å². The maximum absolute atomic E-state index is 11.1. The van der Waals surface area contributed by atoms with E-state index < -0.39 is 14.8 Å². The van der Waals surface area contributed by atoms with Crippen LogP contribution in [0.4, 0.5) is 11.4 Å². The number of nitro benzene ring substituents is 1. The van der Waals surface area contributed by atoms with E-state index in [1.54, 1.807) is 11.9 Å². The van der Waals surface area contributed by atoms with E-state index in [-0.39, 0.29) is 24.6 Å². The van der Waals surface area contributed by atoms with Crippen LogP contribution in [0.1, 0.15) is 5.56 Å². The quantitative estimate of drug-likeness (QED) is 0.606. The molecule has 0 spiro atoms. The fraction of sp³-hybridized carbons (Fsp3) is 0.455. The summed E-state index contributed by atoms with van der Waals surface area (Å²) in [6.07, 6.45) is 1.14. The molecule has 0 unspecified atom stereocenters. The van der Waals surface area contributed by atoms with E-state index in [9.17, 15) is 23.6 Å². The Kier molecular flexibility index (Phi) is 4.84. The number of hydrogen-bond acceptors (Lipinski definition) is 6. The van der Waals surface area contributed by atoms with E-state index in [0.29, 0.717) is 11.3 Å². The Morgan fingerprint density at radius 2 is 2.05 bits per heavy atom. The molecule has 8 heteroatoms. The number of nitro groups is 1. The van der Waals surface area contributed by atoms with E-state index in [1.807, 2.05) is 0 Å². The summed E-state index contributed by atoms with van der Waals surface area (Å²) in [5.41, 5.74) is 0.867. The summed E-state index contributed by atoms with van der Waals surface area (Å²) >= 11 is 0. The van der Waals surface area contributed by atoms with Crippen LogP contribution >= 0.6 is 0 Å². The Balaban J connectivity index is 2.96. The lowest BCUT2D eigenvalue weighted by molar-refractivity contribution is -0.384. The summed E-state index contributed by atoms with van der Waals surface area (Å²) in [7, 11) is -1.41. The standard InChI is InChI=1S/C11H16N2O5S/c1-12(5-6-19(2,17)18)11-4-3-10(13(15)16)7-9(11)8-14/h3-4,7,14H,5-6,8H2,1-2H3. The summed E-state index contributed by atoms with van der Waals surface area (Å²) in [4.78, 5) is 11.7. The third kappa shape index (κ3) is 4.49. The largest absolute Gasteiger partial charge is 0.392 e. The molecule has 1 rings (SSSR count). The molecule has 0 saturated carbocycles. The molecule has 0 fully saturated rings. The average Bonchev–Trinajstić information content (AvgIpc) is 2.34. The number of rotatable bonds is 6. The number of aliphatic hydroxyl groups is 1. The van der Waals surface area contributed by atoms with Gasteiger partial charge in [-0.2, -0.15) is 0 Å². The summed E-state index contributed by atoms with van der Waals surface area (Å²) < 4.78 is 22.2. The molecule has 0 saturated heterocycles. The van der Waals surface area contributed by atoms with Crippen LogP contribution in [0.3, 0.4) is 0 Å². The van der Waals surface area contributed by atoms with Gasteiger partial charge in [-0.15, -0.1) is 0 Å². The van der Waals surface area contributed by atoms with E-state index >= 15 is 0 Å². The van der Waals surface area contributed by atoms with Crippen LogP contribution in [0, 0.1) is 10.1 Å². The van der Waals surface area contributed by atoms with Crippen molar-refractivity contribution in [1.82, 2.24) is 0 Å². The smallest absolute Gasteiger partial charge is 0.269 e. The lowest BCUT2D eigenvalue weighted by Gasteiger charge is -2.21. The number of benzene rings is 1.